The van der Waals surface area contributed by atoms with E-state index in [1.807, 2.05) is 17.7 Å². The van der Waals surface area contributed by atoms with Crippen molar-refractivity contribution >= 4 is 11.9 Å². The van der Waals surface area contributed by atoms with Gasteiger partial charge in [-0.1, -0.05) is 163 Å². The molecule has 60 heavy (non-hydrogen) atoms. The van der Waals surface area contributed by atoms with E-state index in [0.717, 1.165) is 96.0 Å². The van der Waals surface area contributed by atoms with Crippen molar-refractivity contribution in [2.24, 2.45) is 18.9 Å². The molecule has 0 amide bonds. The van der Waals surface area contributed by atoms with Gasteiger partial charge in [-0.25, -0.2) is 4.79 Å². The fourth-order valence-corrected chi connectivity index (χ4v) is 9.06. The van der Waals surface area contributed by atoms with Gasteiger partial charge >= 0.3 is 11.9 Å². The van der Waals surface area contributed by atoms with Gasteiger partial charge in [0.05, 0.1) is 25.2 Å². The van der Waals surface area contributed by atoms with Crippen molar-refractivity contribution in [2.45, 2.75) is 233 Å². The Labute approximate surface area is 370 Å². The minimum absolute atomic E-state index is 0.0107. The van der Waals surface area contributed by atoms with Crippen LogP contribution >= 0.6 is 0 Å². The number of carbonyl (C=O) groups is 2. The molecular weight excluding hydrogens is 747 g/mol. The van der Waals surface area contributed by atoms with Crippen LogP contribution in [-0.4, -0.2) is 83.5 Å². The molecule has 1 aromatic rings. The van der Waals surface area contributed by atoms with Gasteiger partial charge in [-0.3, -0.25) is 9.69 Å². The number of aryl methyl sites for hydroxylation is 1. The summed E-state index contributed by atoms with van der Waals surface area (Å²) in [5.41, 5.74) is 1.70. The van der Waals surface area contributed by atoms with E-state index in [1.54, 1.807) is 0 Å². The molecule has 1 aliphatic heterocycles. The molecule has 2 rings (SSSR count). The van der Waals surface area contributed by atoms with Crippen LogP contribution in [0.2, 0.25) is 0 Å². The molecular formula is C52H97N3O5. The van der Waals surface area contributed by atoms with Crippen molar-refractivity contribution in [3.05, 3.63) is 23.5 Å². The van der Waals surface area contributed by atoms with E-state index in [9.17, 15) is 14.7 Å². The number of aliphatic hydroxyl groups is 1. The lowest BCUT2D eigenvalue weighted by Gasteiger charge is -2.27. The summed E-state index contributed by atoms with van der Waals surface area (Å²) in [6.07, 6.45) is 36.8. The van der Waals surface area contributed by atoms with Gasteiger partial charge < -0.3 is 24.0 Å². The molecule has 0 aromatic carbocycles. The molecule has 1 fully saturated rings. The van der Waals surface area contributed by atoms with Crippen molar-refractivity contribution in [3.8, 4) is 0 Å². The summed E-state index contributed by atoms with van der Waals surface area (Å²) in [6, 6.07) is 2.01. The van der Waals surface area contributed by atoms with Crippen LogP contribution in [0, 0.1) is 11.8 Å². The van der Waals surface area contributed by atoms with Crippen LogP contribution < -0.4 is 0 Å². The molecule has 1 aromatic heterocycles. The summed E-state index contributed by atoms with van der Waals surface area (Å²) in [7, 11) is 1.95. The standard InChI is InChI=1S/C52H97N3O5/c1-6-10-14-18-20-24-32-46(31-23-16-12-8-3)45-60-52(58)50-41-47(42-53(50)5)43-55(39-38-54-36-28-29-37-54)44-49(56)35-27-22-30-40-59-51(57)48(33-25-17-13-9-4)34-26-21-19-15-11-7-2/h41-42,46,48-49,56H,6-40,43-45H2,1-5H3. The molecule has 0 saturated carbocycles. The number of hydrogen-bond acceptors (Lipinski definition) is 7. The van der Waals surface area contributed by atoms with Crippen LogP contribution in [0.5, 0.6) is 0 Å². The maximum atomic E-state index is 13.4. The summed E-state index contributed by atoms with van der Waals surface area (Å²) in [4.78, 5) is 31.4. The van der Waals surface area contributed by atoms with Crippen LogP contribution in [0.3, 0.4) is 0 Å². The third kappa shape index (κ3) is 26.5. The Balaban J connectivity index is 1.85. The minimum atomic E-state index is -0.426. The van der Waals surface area contributed by atoms with Gasteiger partial charge in [-0.2, -0.15) is 0 Å². The molecule has 3 atom stereocenters. The summed E-state index contributed by atoms with van der Waals surface area (Å²) in [5.74, 6) is 0.271. The third-order valence-corrected chi connectivity index (χ3v) is 13.0. The molecule has 350 valence electrons. The quantitative estimate of drug-likeness (QED) is 0.0519. The van der Waals surface area contributed by atoms with Crippen molar-refractivity contribution in [1.29, 1.82) is 0 Å². The maximum Gasteiger partial charge on any atom is 0.354 e. The Morgan fingerprint density at radius 1 is 0.667 bits per heavy atom. The molecule has 8 nitrogen and oxygen atoms in total. The first kappa shape index (κ1) is 54.2. The molecule has 2 heterocycles. The molecule has 0 bridgehead atoms. The van der Waals surface area contributed by atoms with Gasteiger partial charge in [0.1, 0.15) is 5.69 Å². The largest absolute Gasteiger partial charge is 0.465 e. The van der Waals surface area contributed by atoms with Crippen LogP contribution in [0.25, 0.3) is 0 Å². The lowest BCUT2D eigenvalue weighted by Crippen LogP contribution is -2.38. The van der Waals surface area contributed by atoms with Gasteiger partial charge in [0, 0.05) is 39.4 Å². The zero-order valence-corrected chi connectivity index (χ0v) is 40.2. The number of unbranched alkanes of at least 4 members (excludes halogenated alkanes) is 18. The predicted molar refractivity (Wildman–Crippen MR) is 253 cm³/mol. The third-order valence-electron chi connectivity index (χ3n) is 13.0. The average Bonchev–Trinajstić information content (AvgIpc) is 3.91. The van der Waals surface area contributed by atoms with E-state index in [1.165, 1.54) is 128 Å². The Hall–Kier alpha value is -1.90. The van der Waals surface area contributed by atoms with E-state index in [-0.39, 0.29) is 17.9 Å². The lowest BCUT2D eigenvalue weighted by molar-refractivity contribution is -0.149. The van der Waals surface area contributed by atoms with Crippen LogP contribution in [0.1, 0.15) is 236 Å². The predicted octanol–water partition coefficient (Wildman–Crippen LogP) is 13.2. The first-order valence-electron chi connectivity index (χ1n) is 25.9. The molecule has 8 heteroatoms. The summed E-state index contributed by atoms with van der Waals surface area (Å²) in [6.45, 7) is 15.5. The Bertz CT molecular complexity index is 1170. The topological polar surface area (TPSA) is 84.2 Å². The first-order chi connectivity index (χ1) is 29.3. The highest BCUT2D eigenvalue weighted by molar-refractivity contribution is 5.88. The van der Waals surface area contributed by atoms with Gasteiger partial charge in [0.25, 0.3) is 0 Å². The van der Waals surface area contributed by atoms with Crippen LogP contribution in [0.15, 0.2) is 12.3 Å². The normalized spacial score (nSPS) is 14.8. The van der Waals surface area contributed by atoms with E-state index in [2.05, 4.69) is 43.7 Å². The van der Waals surface area contributed by atoms with Crippen molar-refractivity contribution < 1.29 is 24.2 Å². The highest BCUT2D eigenvalue weighted by Gasteiger charge is 2.22. The van der Waals surface area contributed by atoms with Crippen LogP contribution in [-0.2, 0) is 27.9 Å². The zero-order valence-electron chi connectivity index (χ0n) is 40.2. The fourth-order valence-electron chi connectivity index (χ4n) is 9.06. The molecule has 0 radical (unpaired) electrons. The van der Waals surface area contributed by atoms with Crippen molar-refractivity contribution in [1.82, 2.24) is 14.4 Å². The Kier molecular flexibility index (Phi) is 33.1. The van der Waals surface area contributed by atoms with E-state index < -0.39 is 6.10 Å². The monoisotopic (exact) mass is 844 g/mol. The number of rotatable bonds is 41. The molecule has 1 aliphatic rings. The number of likely N-dealkylation sites (tertiary alicyclic amines) is 1. The van der Waals surface area contributed by atoms with Gasteiger partial charge in [0.15, 0.2) is 0 Å². The minimum Gasteiger partial charge on any atom is -0.465 e. The van der Waals surface area contributed by atoms with Crippen LogP contribution in [0.4, 0.5) is 0 Å². The van der Waals surface area contributed by atoms with E-state index >= 15 is 0 Å². The number of carbonyl (C=O) groups excluding carboxylic acids is 2. The number of nitrogens with zero attached hydrogens (tertiary/aromatic N) is 3. The van der Waals surface area contributed by atoms with Gasteiger partial charge in [-0.05, 0) is 88.4 Å². The molecule has 0 aliphatic carbocycles. The fraction of sp³-hybridized carbons (Fsp3) is 0.885. The van der Waals surface area contributed by atoms with E-state index in [0.29, 0.717) is 37.9 Å². The molecule has 0 spiro atoms. The summed E-state index contributed by atoms with van der Waals surface area (Å²) < 4.78 is 13.8. The Morgan fingerprint density at radius 3 is 1.75 bits per heavy atom. The second-order valence-corrected chi connectivity index (χ2v) is 18.8. The molecule has 3 unspecified atom stereocenters. The second-order valence-electron chi connectivity index (χ2n) is 18.8. The maximum absolute atomic E-state index is 13.4. The number of esters is 2. The first-order valence-corrected chi connectivity index (χ1v) is 25.9. The van der Waals surface area contributed by atoms with Crippen molar-refractivity contribution in [2.75, 3.05) is 45.9 Å². The average molecular weight is 844 g/mol. The molecule has 1 N–H and O–H groups in total. The second kappa shape index (κ2) is 36.6. The zero-order chi connectivity index (χ0) is 43.5. The summed E-state index contributed by atoms with van der Waals surface area (Å²) in [5, 5.41) is 11.2. The van der Waals surface area contributed by atoms with E-state index in [4.69, 9.17) is 9.47 Å². The smallest absolute Gasteiger partial charge is 0.354 e. The van der Waals surface area contributed by atoms with Gasteiger partial charge in [0.2, 0.25) is 0 Å². The molecule has 1 saturated heterocycles. The number of hydrogen-bond donors (Lipinski definition) is 1. The SMILES string of the molecule is CCCCCCCCC(CCCCCC)COC(=O)c1cc(CN(CCN2CCCC2)CC(O)CCCCCOC(=O)C(CCCCCC)CCCCCCCC)cn1C. The number of aliphatic hydroxyl groups excluding tert-OH is 1. The highest BCUT2D eigenvalue weighted by Crippen LogP contribution is 2.23. The summed E-state index contributed by atoms with van der Waals surface area (Å²) >= 11 is 0. The van der Waals surface area contributed by atoms with Gasteiger partial charge in [-0.15, -0.1) is 0 Å². The number of ether oxygens (including phenoxy) is 2. The Morgan fingerprint density at radius 2 is 1.17 bits per heavy atom. The lowest BCUT2D eigenvalue weighted by atomic mass is 9.94. The van der Waals surface area contributed by atoms with Crippen molar-refractivity contribution in [3.63, 3.8) is 0 Å². The number of aromatic nitrogens is 1. The highest BCUT2D eigenvalue weighted by atomic mass is 16.5.